The van der Waals surface area contributed by atoms with E-state index in [4.69, 9.17) is 16.3 Å². The van der Waals surface area contributed by atoms with Crippen LogP contribution in [0, 0.1) is 0 Å². The lowest BCUT2D eigenvalue weighted by Crippen LogP contribution is -2.49. The number of ether oxygens (including phenoxy) is 1. The Bertz CT molecular complexity index is 1010. The number of hydrogen-bond donors (Lipinski definition) is 0. The van der Waals surface area contributed by atoms with E-state index in [1.807, 2.05) is 4.90 Å². The highest BCUT2D eigenvalue weighted by molar-refractivity contribution is 7.89. The molecule has 2 aromatic rings. The number of hydrogen-bond acceptors (Lipinski definition) is 7. The highest BCUT2D eigenvalue weighted by atomic mass is 35.5. The molecule has 160 valence electrons. The van der Waals surface area contributed by atoms with Gasteiger partial charge in [-0.2, -0.15) is 4.31 Å². The first-order chi connectivity index (χ1) is 14.5. The van der Waals surface area contributed by atoms with Crippen LogP contribution in [-0.2, 0) is 14.8 Å². The smallest absolute Gasteiger partial charge is 0.254 e. The minimum absolute atomic E-state index is 0.0479. The van der Waals surface area contributed by atoms with Gasteiger partial charge in [0.1, 0.15) is 4.90 Å². The molecule has 11 heteroatoms. The molecule has 2 aliphatic rings. The second kappa shape index (κ2) is 8.84. The fourth-order valence-corrected chi connectivity index (χ4v) is 5.42. The first-order valence-corrected chi connectivity index (χ1v) is 11.5. The number of aromatic nitrogens is 2. The largest absolute Gasteiger partial charge is 0.379 e. The summed E-state index contributed by atoms with van der Waals surface area (Å²) in [6.45, 7) is 3.39. The molecular formula is C19H22ClN5O4S. The number of anilines is 1. The Kier molecular flexibility index (Phi) is 6.19. The van der Waals surface area contributed by atoms with Crippen molar-refractivity contribution in [3.05, 3.63) is 47.2 Å². The molecule has 0 unspecified atom stereocenters. The van der Waals surface area contributed by atoms with Gasteiger partial charge >= 0.3 is 0 Å². The van der Waals surface area contributed by atoms with Crippen molar-refractivity contribution in [2.45, 2.75) is 4.90 Å². The summed E-state index contributed by atoms with van der Waals surface area (Å²) >= 11 is 6.19. The number of benzene rings is 1. The number of rotatable bonds is 4. The van der Waals surface area contributed by atoms with Gasteiger partial charge in [-0.1, -0.05) is 11.6 Å². The number of morpholine rings is 1. The Balaban J connectivity index is 1.49. The third-order valence-corrected chi connectivity index (χ3v) is 7.55. The second-order valence-electron chi connectivity index (χ2n) is 6.99. The minimum atomic E-state index is -3.80. The highest BCUT2D eigenvalue weighted by Gasteiger charge is 2.30. The molecule has 0 radical (unpaired) electrons. The van der Waals surface area contributed by atoms with Crippen LogP contribution < -0.4 is 4.90 Å². The molecule has 0 atom stereocenters. The average molecular weight is 452 g/mol. The summed E-state index contributed by atoms with van der Waals surface area (Å²) in [4.78, 5) is 25.2. The van der Waals surface area contributed by atoms with E-state index < -0.39 is 10.0 Å². The zero-order valence-electron chi connectivity index (χ0n) is 16.3. The Hall–Kier alpha value is -2.27. The lowest BCUT2D eigenvalue weighted by Gasteiger charge is -2.34. The number of amides is 1. The summed E-state index contributed by atoms with van der Waals surface area (Å²) in [5.41, 5.74) is 0.302. The summed E-state index contributed by atoms with van der Waals surface area (Å²) < 4.78 is 32.6. The number of halogens is 1. The van der Waals surface area contributed by atoms with Gasteiger partial charge in [0.2, 0.25) is 16.0 Å². The van der Waals surface area contributed by atoms with Crippen LogP contribution in [-0.4, -0.2) is 86.0 Å². The van der Waals surface area contributed by atoms with Crippen molar-refractivity contribution in [1.82, 2.24) is 19.2 Å². The molecule has 0 N–H and O–H groups in total. The van der Waals surface area contributed by atoms with Gasteiger partial charge in [0, 0.05) is 57.2 Å². The van der Waals surface area contributed by atoms with Gasteiger partial charge < -0.3 is 14.5 Å². The quantitative estimate of drug-likeness (QED) is 0.687. The molecule has 1 aromatic carbocycles. The Morgan fingerprint density at radius 1 is 1.00 bits per heavy atom. The molecule has 0 aliphatic carbocycles. The number of nitrogens with zero attached hydrogens (tertiary/aromatic N) is 5. The van der Waals surface area contributed by atoms with Crippen LogP contribution in [0.3, 0.4) is 0 Å². The lowest BCUT2D eigenvalue weighted by molar-refractivity contribution is 0.0729. The van der Waals surface area contributed by atoms with E-state index in [2.05, 4.69) is 9.97 Å². The summed E-state index contributed by atoms with van der Waals surface area (Å²) in [5.74, 6) is 0.411. The maximum absolute atomic E-state index is 13.0. The molecule has 3 heterocycles. The molecule has 4 rings (SSSR count). The van der Waals surface area contributed by atoms with Crippen molar-refractivity contribution in [2.24, 2.45) is 0 Å². The minimum Gasteiger partial charge on any atom is -0.379 e. The van der Waals surface area contributed by atoms with E-state index in [9.17, 15) is 13.2 Å². The molecule has 0 spiro atoms. The third-order valence-electron chi connectivity index (χ3n) is 5.17. The van der Waals surface area contributed by atoms with Gasteiger partial charge in [0.05, 0.1) is 18.2 Å². The van der Waals surface area contributed by atoms with Gasteiger partial charge in [-0.05, 0) is 24.3 Å². The van der Waals surface area contributed by atoms with Crippen LogP contribution in [0.4, 0.5) is 5.95 Å². The number of sulfonamides is 1. The molecule has 2 fully saturated rings. The summed E-state index contributed by atoms with van der Waals surface area (Å²) in [5, 5.41) is 0.101. The Morgan fingerprint density at radius 2 is 1.67 bits per heavy atom. The van der Waals surface area contributed by atoms with Gasteiger partial charge in [-0.3, -0.25) is 4.79 Å². The Morgan fingerprint density at radius 3 is 2.33 bits per heavy atom. The van der Waals surface area contributed by atoms with Crippen molar-refractivity contribution in [2.75, 3.05) is 57.4 Å². The molecule has 30 heavy (non-hydrogen) atoms. The summed E-state index contributed by atoms with van der Waals surface area (Å²) in [6, 6.07) is 6.17. The van der Waals surface area contributed by atoms with Crippen molar-refractivity contribution >= 4 is 33.5 Å². The van der Waals surface area contributed by atoms with E-state index in [-0.39, 0.29) is 28.9 Å². The second-order valence-corrected chi connectivity index (χ2v) is 9.30. The Labute approximate surface area is 180 Å². The maximum Gasteiger partial charge on any atom is 0.254 e. The standard InChI is InChI=1S/C19H22ClN5O4S/c20-16-3-2-15(14-17(16)30(27,28)25-10-12-29-13-11-25)18(26)23-6-8-24(9-7-23)19-21-4-1-5-22-19/h1-5,14H,6-13H2. The van der Waals surface area contributed by atoms with Gasteiger partial charge in [-0.25, -0.2) is 18.4 Å². The first-order valence-electron chi connectivity index (χ1n) is 9.65. The summed E-state index contributed by atoms with van der Waals surface area (Å²) in [7, 11) is -3.80. The fourth-order valence-electron chi connectivity index (χ4n) is 3.51. The number of carbonyl (C=O) groups is 1. The average Bonchev–Trinajstić information content (AvgIpc) is 2.80. The summed E-state index contributed by atoms with van der Waals surface area (Å²) in [6.07, 6.45) is 3.37. The van der Waals surface area contributed by atoms with Crippen molar-refractivity contribution in [3.63, 3.8) is 0 Å². The molecule has 0 saturated carbocycles. The molecule has 0 bridgehead atoms. The van der Waals surface area contributed by atoms with E-state index in [0.29, 0.717) is 50.9 Å². The number of piperazine rings is 1. The predicted octanol–water partition coefficient (Wildman–Crippen LogP) is 1.11. The molecule has 1 aromatic heterocycles. The predicted molar refractivity (Wildman–Crippen MR) is 111 cm³/mol. The molecule has 1 amide bonds. The number of carbonyl (C=O) groups excluding carboxylic acids is 1. The van der Waals surface area contributed by atoms with Crippen molar-refractivity contribution < 1.29 is 17.9 Å². The first kappa shape index (κ1) is 21.0. The van der Waals surface area contributed by atoms with Crippen LogP contribution in [0.25, 0.3) is 0 Å². The zero-order valence-corrected chi connectivity index (χ0v) is 17.8. The van der Waals surface area contributed by atoms with E-state index in [1.54, 1.807) is 29.4 Å². The molecule has 2 aliphatic heterocycles. The monoisotopic (exact) mass is 451 g/mol. The van der Waals surface area contributed by atoms with Crippen LogP contribution in [0.1, 0.15) is 10.4 Å². The van der Waals surface area contributed by atoms with Crippen molar-refractivity contribution in [1.29, 1.82) is 0 Å². The topological polar surface area (TPSA) is 95.9 Å². The lowest BCUT2D eigenvalue weighted by atomic mass is 10.2. The van der Waals surface area contributed by atoms with Crippen molar-refractivity contribution in [3.8, 4) is 0 Å². The molecule has 9 nitrogen and oxygen atoms in total. The van der Waals surface area contributed by atoms with Gasteiger partial charge in [0.15, 0.2) is 0 Å². The van der Waals surface area contributed by atoms with Crippen LogP contribution in [0.2, 0.25) is 5.02 Å². The van der Waals surface area contributed by atoms with Crippen LogP contribution >= 0.6 is 11.6 Å². The molecule has 2 saturated heterocycles. The molecular weight excluding hydrogens is 430 g/mol. The third kappa shape index (κ3) is 4.27. The van der Waals surface area contributed by atoms with Crippen LogP contribution in [0.15, 0.2) is 41.6 Å². The highest BCUT2D eigenvalue weighted by Crippen LogP contribution is 2.27. The van der Waals surface area contributed by atoms with E-state index >= 15 is 0 Å². The van der Waals surface area contributed by atoms with Crippen LogP contribution in [0.5, 0.6) is 0 Å². The van der Waals surface area contributed by atoms with Gasteiger partial charge in [-0.15, -0.1) is 0 Å². The van der Waals surface area contributed by atoms with Gasteiger partial charge in [0.25, 0.3) is 5.91 Å². The zero-order chi connectivity index (χ0) is 21.1. The maximum atomic E-state index is 13.0. The normalized spacial score (nSPS) is 18.4. The van der Waals surface area contributed by atoms with E-state index in [0.717, 1.165) is 0 Å². The van der Waals surface area contributed by atoms with E-state index in [1.165, 1.54) is 16.4 Å². The fraction of sp³-hybridized carbons (Fsp3) is 0.421. The SMILES string of the molecule is O=C(c1ccc(Cl)c(S(=O)(=O)N2CCOCC2)c1)N1CCN(c2ncccn2)CC1.